The lowest BCUT2D eigenvalue weighted by atomic mass is 10.0. The van der Waals surface area contributed by atoms with Gasteiger partial charge in [-0.25, -0.2) is 9.97 Å². The van der Waals surface area contributed by atoms with E-state index in [9.17, 15) is 0 Å². The molecule has 3 nitrogen and oxygen atoms in total. The van der Waals surface area contributed by atoms with Gasteiger partial charge < -0.3 is 4.74 Å². The van der Waals surface area contributed by atoms with Crippen molar-refractivity contribution in [2.45, 2.75) is 26.4 Å². The first-order chi connectivity index (χ1) is 5.56. The first-order valence-electron chi connectivity index (χ1n) is 3.90. The molecule has 0 atom stereocenters. The predicted molar refractivity (Wildman–Crippen MR) is 46.8 cm³/mol. The van der Waals surface area contributed by atoms with Gasteiger partial charge in [-0.2, -0.15) is 0 Å². The third-order valence-corrected chi connectivity index (χ3v) is 1.99. The van der Waals surface area contributed by atoms with Gasteiger partial charge in [0.15, 0.2) is 0 Å². The number of methoxy groups -OCH3 is 1. The molecule has 1 rings (SSSR count). The second-order valence-corrected chi connectivity index (χ2v) is 3.23. The minimum absolute atomic E-state index is 0.298. The molecule has 1 aromatic rings. The van der Waals surface area contributed by atoms with Crippen molar-refractivity contribution in [3.63, 3.8) is 0 Å². The molecule has 1 heterocycles. The molecule has 0 bridgehead atoms. The molecule has 0 aliphatic carbocycles. The van der Waals surface area contributed by atoms with Crippen LogP contribution in [-0.4, -0.2) is 17.1 Å². The fourth-order valence-corrected chi connectivity index (χ4v) is 0.821. The largest absolute Gasteiger partial charge is 0.374 e. The molecular weight excluding hydrogens is 152 g/mol. The summed E-state index contributed by atoms with van der Waals surface area (Å²) in [5, 5.41) is 0. The number of aryl methyl sites for hydroxylation is 1. The van der Waals surface area contributed by atoms with E-state index in [0.29, 0.717) is 0 Å². The lowest BCUT2D eigenvalue weighted by molar-refractivity contribution is 0.0186. The van der Waals surface area contributed by atoms with Crippen LogP contribution >= 0.6 is 0 Å². The van der Waals surface area contributed by atoms with Crippen molar-refractivity contribution in [3.05, 3.63) is 23.8 Å². The van der Waals surface area contributed by atoms with Crippen molar-refractivity contribution in [2.24, 2.45) is 0 Å². The Kier molecular flexibility index (Phi) is 2.43. The number of hydrogen-bond donors (Lipinski definition) is 0. The van der Waals surface area contributed by atoms with Gasteiger partial charge in [0.2, 0.25) is 0 Å². The van der Waals surface area contributed by atoms with Gasteiger partial charge in [0.25, 0.3) is 0 Å². The van der Waals surface area contributed by atoms with Crippen LogP contribution in [0.25, 0.3) is 0 Å². The van der Waals surface area contributed by atoms with Gasteiger partial charge in [0.1, 0.15) is 5.82 Å². The molecule has 0 unspecified atom stereocenters. The number of nitrogens with zero attached hydrogens (tertiary/aromatic N) is 2. The van der Waals surface area contributed by atoms with Crippen LogP contribution in [0, 0.1) is 6.92 Å². The highest BCUT2D eigenvalue weighted by atomic mass is 16.5. The van der Waals surface area contributed by atoms with Gasteiger partial charge >= 0.3 is 0 Å². The summed E-state index contributed by atoms with van der Waals surface area (Å²) in [7, 11) is 1.68. The quantitative estimate of drug-likeness (QED) is 0.670. The van der Waals surface area contributed by atoms with E-state index in [-0.39, 0.29) is 5.60 Å². The molecule has 0 spiro atoms. The van der Waals surface area contributed by atoms with Crippen molar-refractivity contribution in [3.8, 4) is 0 Å². The summed E-state index contributed by atoms with van der Waals surface area (Å²) in [4.78, 5) is 8.20. The third-order valence-electron chi connectivity index (χ3n) is 1.99. The zero-order chi connectivity index (χ0) is 9.19. The topological polar surface area (TPSA) is 35.0 Å². The Hall–Kier alpha value is -0.960. The lowest BCUT2D eigenvalue weighted by Crippen LogP contribution is -2.20. The highest BCUT2D eigenvalue weighted by Crippen LogP contribution is 2.21. The Bertz CT molecular complexity index is 254. The smallest absolute Gasteiger partial charge is 0.125 e. The van der Waals surface area contributed by atoms with Crippen LogP contribution < -0.4 is 0 Å². The minimum Gasteiger partial charge on any atom is -0.374 e. The summed E-state index contributed by atoms with van der Waals surface area (Å²) >= 11 is 0. The Morgan fingerprint density at radius 2 is 1.75 bits per heavy atom. The Morgan fingerprint density at radius 3 is 2.17 bits per heavy atom. The zero-order valence-electron chi connectivity index (χ0n) is 7.96. The van der Waals surface area contributed by atoms with Gasteiger partial charge in [0, 0.05) is 25.1 Å². The monoisotopic (exact) mass is 166 g/mol. The van der Waals surface area contributed by atoms with E-state index in [0.717, 1.165) is 11.4 Å². The van der Waals surface area contributed by atoms with E-state index >= 15 is 0 Å². The molecule has 0 saturated carbocycles. The van der Waals surface area contributed by atoms with Gasteiger partial charge in [0.05, 0.1) is 5.60 Å². The summed E-state index contributed by atoms with van der Waals surface area (Å²) in [5.41, 5.74) is 0.698. The van der Waals surface area contributed by atoms with E-state index in [2.05, 4.69) is 9.97 Å². The van der Waals surface area contributed by atoms with Gasteiger partial charge in [-0.15, -0.1) is 0 Å². The van der Waals surface area contributed by atoms with Crippen LogP contribution in [0.3, 0.4) is 0 Å². The van der Waals surface area contributed by atoms with E-state index < -0.39 is 0 Å². The summed E-state index contributed by atoms with van der Waals surface area (Å²) < 4.78 is 5.28. The van der Waals surface area contributed by atoms with E-state index in [4.69, 9.17) is 4.74 Å². The van der Waals surface area contributed by atoms with Gasteiger partial charge in [-0.1, -0.05) is 0 Å². The second-order valence-electron chi connectivity index (χ2n) is 3.23. The molecule has 3 heteroatoms. The summed E-state index contributed by atoms with van der Waals surface area (Å²) in [6, 6.07) is 0. The van der Waals surface area contributed by atoms with Crippen LogP contribution in [0.15, 0.2) is 12.4 Å². The molecule has 0 radical (unpaired) electrons. The molecule has 12 heavy (non-hydrogen) atoms. The fourth-order valence-electron chi connectivity index (χ4n) is 0.821. The average molecular weight is 166 g/mol. The molecule has 66 valence electrons. The van der Waals surface area contributed by atoms with E-state index in [1.807, 2.05) is 20.8 Å². The van der Waals surface area contributed by atoms with E-state index in [1.54, 1.807) is 19.5 Å². The molecule has 0 amide bonds. The highest BCUT2D eigenvalue weighted by molar-refractivity contribution is 5.13. The maximum Gasteiger partial charge on any atom is 0.125 e. The Morgan fingerprint density at radius 1 is 1.25 bits per heavy atom. The summed E-state index contributed by atoms with van der Waals surface area (Å²) in [6.45, 7) is 5.84. The molecule has 0 fully saturated rings. The molecule has 0 N–H and O–H groups in total. The normalized spacial score (nSPS) is 11.7. The maximum atomic E-state index is 5.28. The first kappa shape index (κ1) is 9.13. The number of aromatic nitrogens is 2. The van der Waals surface area contributed by atoms with Gasteiger partial charge in [-0.05, 0) is 20.8 Å². The minimum atomic E-state index is -0.298. The van der Waals surface area contributed by atoms with Crippen molar-refractivity contribution >= 4 is 0 Å². The Labute approximate surface area is 72.8 Å². The predicted octanol–water partition coefficient (Wildman–Crippen LogP) is 1.67. The summed E-state index contributed by atoms with van der Waals surface area (Å²) in [5.74, 6) is 0.783. The van der Waals surface area contributed by atoms with Crippen LogP contribution in [0.5, 0.6) is 0 Å². The van der Waals surface area contributed by atoms with Crippen molar-refractivity contribution < 1.29 is 4.74 Å². The Balaban J connectivity index is 2.96. The fraction of sp³-hybridized carbons (Fsp3) is 0.556. The van der Waals surface area contributed by atoms with Crippen LogP contribution in [0.4, 0.5) is 0 Å². The first-order valence-corrected chi connectivity index (χ1v) is 3.90. The molecule has 0 aliphatic rings. The van der Waals surface area contributed by atoms with Crippen molar-refractivity contribution in [2.75, 3.05) is 7.11 Å². The molecule has 0 aliphatic heterocycles. The zero-order valence-corrected chi connectivity index (χ0v) is 7.96. The number of ether oxygens (including phenoxy) is 1. The maximum absolute atomic E-state index is 5.28. The highest BCUT2D eigenvalue weighted by Gasteiger charge is 2.19. The molecule has 0 saturated heterocycles. The molecule has 1 aromatic heterocycles. The lowest BCUT2D eigenvalue weighted by Gasteiger charge is -2.22. The third kappa shape index (κ3) is 1.80. The standard InChI is InChI=1S/C9H14N2O/c1-7-10-5-8(6-11-7)9(2,3)12-4/h5-6H,1-4H3. The van der Waals surface area contributed by atoms with Crippen LogP contribution in [0.2, 0.25) is 0 Å². The SMILES string of the molecule is COC(C)(C)c1cnc(C)nc1. The average Bonchev–Trinajstić information content (AvgIpc) is 2.05. The van der Waals surface area contributed by atoms with Crippen molar-refractivity contribution in [1.29, 1.82) is 0 Å². The number of rotatable bonds is 2. The number of hydrogen-bond acceptors (Lipinski definition) is 3. The van der Waals surface area contributed by atoms with Crippen molar-refractivity contribution in [1.82, 2.24) is 9.97 Å². The molecule has 0 aromatic carbocycles. The van der Waals surface area contributed by atoms with Crippen LogP contribution in [-0.2, 0) is 10.3 Å². The molecular formula is C9H14N2O. The van der Waals surface area contributed by atoms with Gasteiger partial charge in [-0.3, -0.25) is 0 Å². The van der Waals surface area contributed by atoms with Crippen LogP contribution in [0.1, 0.15) is 25.2 Å². The second kappa shape index (κ2) is 3.19. The summed E-state index contributed by atoms with van der Waals surface area (Å²) in [6.07, 6.45) is 3.59. The van der Waals surface area contributed by atoms with E-state index in [1.165, 1.54) is 0 Å².